The number of ether oxygens (including phenoxy) is 1. The lowest BCUT2D eigenvalue weighted by atomic mass is 9.79. The normalized spacial score (nSPS) is 18.8. The average Bonchev–Trinajstić information content (AvgIpc) is 3.52. The highest BCUT2D eigenvalue weighted by atomic mass is 16.5. The fourth-order valence-corrected chi connectivity index (χ4v) is 5.96. The molecule has 2 aromatic heterocycles. The van der Waals surface area contributed by atoms with Crippen molar-refractivity contribution >= 4 is 28.6 Å². The van der Waals surface area contributed by atoms with Crippen molar-refractivity contribution in [2.75, 3.05) is 62.3 Å². The van der Waals surface area contributed by atoms with E-state index < -0.39 is 0 Å². The Morgan fingerprint density at radius 2 is 1.95 bits per heavy atom. The van der Waals surface area contributed by atoms with Crippen LogP contribution in [-0.2, 0) is 9.53 Å². The molecule has 0 unspecified atom stereocenters. The highest BCUT2D eigenvalue weighted by Gasteiger charge is 2.49. The zero-order valence-corrected chi connectivity index (χ0v) is 21.3. The monoisotopic (exact) mass is 498 g/mol. The number of aromatic amines is 1. The summed E-state index contributed by atoms with van der Waals surface area (Å²) in [7, 11) is 0. The predicted octanol–water partition coefficient (Wildman–Crippen LogP) is 2.57. The Morgan fingerprint density at radius 1 is 1.16 bits per heavy atom. The standard InChI is InChI=1S/C27H30N8O2/c1-4-21(36)35-15-27(16-35)7-8-34(14-27)25-19(13-28)24(29-26(30-25)33-9-11-37-12-10-33)22-17(2)5-6-20-23(22)18(3)31-32-20/h4-6H,1,7-12,14-16H2,2-3H3,(H,31,32). The molecule has 0 radical (unpaired) electrons. The molecule has 0 atom stereocenters. The van der Waals surface area contributed by atoms with Crippen molar-refractivity contribution in [3.05, 3.63) is 41.6 Å². The smallest absolute Gasteiger partial charge is 0.245 e. The number of anilines is 2. The van der Waals surface area contributed by atoms with E-state index in [2.05, 4.69) is 32.6 Å². The lowest BCUT2D eigenvalue weighted by Gasteiger charge is -2.47. The van der Waals surface area contributed by atoms with E-state index >= 15 is 0 Å². The third kappa shape index (κ3) is 3.81. The number of hydrogen-bond donors (Lipinski definition) is 1. The quantitative estimate of drug-likeness (QED) is 0.546. The number of nitrogens with zero attached hydrogens (tertiary/aromatic N) is 7. The predicted molar refractivity (Wildman–Crippen MR) is 140 cm³/mol. The van der Waals surface area contributed by atoms with Crippen molar-refractivity contribution in [3.8, 4) is 17.3 Å². The SMILES string of the molecule is C=CC(=O)N1CC2(CCN(c3nc(N4CCOCC4)nc(-c4c(C)ccc5[nH]nc(C)c45)c3C#N)C2)C1. The molecule has 5 heterocycles. The zero-order chi connectivity index (χ0) is 25.7. The van der Waals surface area contributed by atoms with Gasteiger partial charge >= 0.3 is 0 Å². The van der Waals surface area contributed by atoms with Crippen LogP contribution in [0.4, 0.5) is 11.8 Å². The van der Waals surface area contributed by atoms with Gasteiger partial charge in [-0.3, -0.25) is 9.89 Å². The number of hydrogen-bond acceptors (Lipinski definition) is 8. The van der Waals surface area contributed by atoms with Crippen LogP contribution in [0.1, 0.15) is 23.2 Å². The molecule has 10 nitrogen and oxygen atoms in total. The number of fused-ring (bicyclic) bond motifs is 1. The molecule has 3 aliphatic heterocycles. The first-order valence-electron chi connectivity index (χ1n) is 12.7. The Balaban J connectivity index is 1.47. The first-order valence-corrected chi connectivity index (χ1v) is 12.7. The number of amides is 1. The van der Waals surface area contributed by atoms with Gasteiger partial charge in [0, 0.05) is 55.6 Å². The van der Waals surface area contributed by atoms with Gasteiger partial charge in [0.15, 0.2) is 5.82 Å². The van der Waals surface area contributed by atoms with E-state index in [9.17, 15) is 10.1 Å². The van der Waals surface area contributed by atoms with Gasteiger partial charge in [0.25, 0.3) is 0 Å². The van der Waals surface area contributed by atoms with Gasteiger partial charge in [-0.05, 0) is 38.0 Å². The molecule has 3 fully saturated rings. The Bertz CT molecular complexity index is 1440. The number of nitriles is 1. The number of likely N-dealkylation sites (tertiary alicyclic amines) is 1. The molecule has 190 valence electrons. The van der Waals surface area contributed by atoms with Crippen LogP contribution in [0.5, 0.6) is 0 Å². The van der Waals surface area contributed by atoms with E-state index in [1.54, 1.807) is 0 Å². The van der Waals surface area contributed by atoms with Crippen molar-refractivity contribution in [1.82, 2.24) is 25.1 Å². The fraction of sp³-hybridized carbons (Fsp3) is 0.444. The van der Waals surface area contributed by atoms with Crippen molar-refractivity contribution in [2.24, 2.45) is 5.41 Å². The van der Waals surface area contributed by atoms with E-state index in [4.69, 9.17) is 14.7 Å². The maximum Gasteiger partial charge on any atom is 0.245 e. The molecule has 1 N–H and O–H groups in total. The van der Waals surface area contributed by atoms with Gasteiger partial charge in [-0.2, -0.15) is 15.3 Å². The van der Waals surface area contributed by atoms with Crippen molar-refractivity contribution < 1.29 is 9.53 Å². The van der Waals surface area contributed by atoms with E-state index in [0.717, 1.165) is 47.2 Å². The fourth-order valence-electron chi connectivity index (χ4n) is 5.96. The molecule has 1 spiro atoms. The van der Waals surface area contributed by atoms with Crippen LogP contribution in [0.15, 0.2) is 24.8 Å². The molecule has 0 saturated carbocycles. The molecule has 3 aliphatic rings. The number of aryl methyl sites for hydroxylation is 2. The Kier molecular flexibility index (Phi) is 5.60. The van der Waals surface area contributed by atoms with E-state index in [1.165, 1.54) is 6.08 Å². The lowest BCUT2D eigenvalue weighted by Crippen LogP contribution is -2.59. The zero-order valence-electron chi connectivity index (χ0n) is 21.3. The van der Waals surface area contributed by atoms with Crippen LogP contribution in [0.25, 0.3) is 22.2 Å². The summed E-state index contributed by atoms with van der Waals surface area (Å²) in [5.41, 5.74) is 4.86. The van der Waals surface area contributed by atoms with Crippen LogP contribution in [0.2, 0.25) is 0 Å². The molecule has 3 saturated heterocycles. The van der Waals surface area contributed by atoms with Crippen LogP contribution >= 0.6 is 0 Å². The molecule has 3 aromatic rings. The van der Waals surface area contributed by atoms with Crippen LogP contribution in [-0.4, -0.2) is 83.5 Å². The molecular formula is C27H30N8O2. The van der Waals surface area contributed by atoms with Gasteiger partial charge in [0.1, 0.15) is 11.6 Å². The first-order chi connectivity index (χ1) is 17.9. The second-order valence-corrected chi connectivity index (χ2v) is 10.3. The van der Waals surface area contributed by atoms with E-state index in [0.29, 0.717) is 62.4 Å². The summed E-state index contributed by atoms with van der Waals surface area (Å²) in [5, 5.41) is 19.0. The summed E-state index contributed by atoms with van der Waals surface area (Å²) in [6.45, 7) is 13.2. The van der Waals surface area contributed by atoms with Gasteiger partial charge in [0.2, 0.25) is 11.9 Å². The number of benzene rings is 1. The third-order valence-corrected chi connectivity index (χ3v) is 7.92. The van der Waals surface area contributed by atoms with Crippen LogP contribution in [0, 0.1) is 30.6 Å². The number of carbonyl (C=O) groups is 1. The molecule has 1 aromatic carbocycles. The van der Waals surface area contributed by atoms with Gasteiger partial charge in [-0.25, -0.2) is 4.98 Å². The maximum atomic E-state index is 12.1. The third-order valence-electron chi connectivity index (χ3n) is 7.92. The molecule has 1 amide bonds. The minimum atomic E-state index is -0.0280. The summed E-state index contributed by atoms with van der Waals surface area (Å²) in [4.78, 5) is 28.2. The molecular weight excluding hydrogens is 468 g/mol. The average molecular weight is 499 g/mol. The first kappa shape index (κ1) is 23.4. The number of carbonyl (C=O) groups excluding carboxylic acids is 1. The molecule has 6 rings (SSSR count). The number of aromatic nitrogens is 4. The lowest BCUT2D eigenvalue weighted by molar-refractivity contribution is -0.136. The minimum absolute atomic E-state index is 0.0205. The highest BCUT2D eigenvalue weighted by molar-refractivity contribution is 5.99. The maximum absolute atomic E-state index is 12.1. The summed E-state index contributed by atoms with van der Waals surface area (Å²) < 4.78 is 5.57. The molecule has 0 bridgehead atoms. The van der Waals surface area contributed by atoms with Crippen LogP contribution < -0.4 is 9.80 Å². The number of H-pyrrole nitrogens is 1. The Morgan fingerprint density at radius 3 is 2.68 bits per heavy atom. The van der Waals surface area contributed by atoms with Gasteiger partial charge in [-0.1, -0.05) is 12.6 Å². The largest absolute Gasteiger partial charge is 0.378 e. The van der Waals surface area contributed by atoms with Gasteiger partial charge in [-0.15, -0.1) is 0 Å². The van der Waals surface area contributed by atoms with E-state index in [-0.39, 0.29) is 11.3 Å². The molecule has 10 heteroatoms. The Hall–Kier alpha value is -3.97. The molecule has 0 aliphatic carbocycles. The number of nitrogens with one attached hydrogen (secondary N) is 1. The van der Waals surface area contributed by atoms with Crippen molar-refractivity contribution in [1.29, 1.82) is 5.26 Å². The second-order valence-electron chi connectivity index (χ2n) is 10.3. The number of rotatable bonds is 4. The summed E-state index contributed by atoms with van der Waals surface area (Å²) in [6.07, 6.45) is 2.32. The van der Waals surface area contributed by atoms with E-state index in [1.807, 2.05) is 30.9 Å². The number of morpholine rings is 1. The second kappa shape index (κ2) is 8.85. The Labute approximate surface area is 215 Å². The van der Waals surface area contributed by atoms with Gasteiger partial charge < -0.3 is 19.4 Å². The highest BCUT2D eigenvalue weighted by Crippen LogP contribution is 2.44. The van der Waals surface area contributed by atoms with Crippen molar-refractivity contribution in [2.45, 2.75) is 20.3 Å². The topological polar surface area (TPSA) is 114 Å². The molecule has 37 heavy (non-hydrogen) atoms. The van der Waals surface area contributed by atoms with Crippen molar-refractivity contribution in [3.63, 3.8) is 0 Å². The summed E-state index contributed by atoms with van der Waals surface area (Å²) >= 11 is 0. The summed E-state index contributed by atoms with van der Waals surface area (Å²) in [6, 6.07) is 6.51. The van der Waals surface area contributed by atoms with Crippen LogP contribution in [0.3, 0.4) is 0 Å². The minimum Gasteiger partial charge on any atom is -0.378 e. The van der Waals surface area contributed by atoms with Gasteiger partial charge in [0.05, 0.1) is 30.1 Å². The summed E-state index contributed by atoms with van der Waals surface area (Å²) in [5.74, 6) is 1.25.